The number of aromatic nitrogens is 2. The van der Waals surface area contributed by atoms with Gasteiger partial charge in [-0.2, -0.15) is 9.78 Å². The van der Waals surface area contributed by atoms with Crippen molar-refractivity contribution in [2.75, 3.05) is 0 Å². The van der Waals surface area contributed by atoms with Crippen molar-refractivity contribution in [1.29, 1.82) is 0 Å². The van der Waals surface area contributed by atoms with Crippen molar-refractivity contribution in [2.24, 2.45) is 5.10 Å². The second-order valence-corrected chi connectivity index (χ2v) is 9.73. The van der Waals surface area contributed by atoms with Gasteiger partial charge < -0.3 is 9.15 Å². The highest BCUT2D eigenvalue weighted by Crippen LogP contribution is 2.29. The molecular formula is C27H21ClIN3O3. The quantitative estimate of drug-likeness (QED) is 0.154. The molecule has 0 fully saturated rings. The highest BCUT2D eigenvalue weighted by molar-refractivity contribution is 14.1. The molecule has 2 heterocycles. The summed E-state index contributed by atoms with van der Waals surface area (Å²) in [7, 11) is 0. The van der Waals surface area contributed by atoms with Crippen molar-refractivity contribution in [3.63, 3.8) is 0 Å². The third-order valence-corrected chi connectivity index (χ3v) is 6.71. The van der Waals surface area contributed by atoms with Crippen LogP contribution in [0.1, 0.15) is 25.8 Å². The number of hydrogen-bond acceptors (Lipinski definition) is 5. The van der Waals surface area contributed by atoms with Crippen LogP contribution < -0.4 is 10.3 Å². The first-order valence-electron chi connectivity index (χ1n) is 11.1. The van der Waals surface area contributed by atoms with E-state index in [-0.39, 0.29) is 11.7 Å². The second kappa shape index (κ2) is 9.83. The summed E-state index contributed by atoms with van der Waals surface area (Å²) in [5.74, 6) is 1.56. The van der Waals surface area contributed by atoms with E-state index in [1.165, 1.54) is 4.68 Å². The molecule has 8 heteroatoms. The summed E-state index contributed by atoms with van der Waals surface area (Å²) in [5, 5.41) is 6.41. The molecule has 0 spiro atoms. The van der Waals surface area contributed by atoms with E-state index in [1.54, 1.807) is 36.5 Å². The first-order chi connectivity index (χ1) is 16.9. The van der Waals surface area contributed by atoms with Crippen LogP contribution in [-0.4, -0.2) is 22.0 Å². The second-order valence-electron chi connectivity index (χ2n) is 8.13. The number of benzene rings is 3. The van der Waals surface area contributed by atoms with Crippen LogP contribution in [0.3, 0.4) is 0 Å². The van der Waals surface area contributed by atoms with E-state index >= 15 is 0 Å². The maximum absolute atomic E-state index is 13.4. The van der Waals surface area contributed by atoms with Crippen molar-refractivity contribution < 1.29 is 9.15 Å². The third kappa shape index (κ3) is 4.83. The lowest BCUT2D eigenvalue weighted by molar-refractivity contribution is 0.216. The van der Waals surface area contributed by atoms with Crippen LogP contribution in [0, 0.1) is 3.57 Å². The molecule has 3 aromatic carbocycles. The van der Waals surface area contributed by atoms with Crippen LogP contribution >= 0.6 is 34.2 Å². The summed E-state index contributed by atoms with van der Waals surface area (Å²) < 4.78 is 14.2. The number of rotatable bonds is 6. The van der Waals surface area contributed by atoms with Crippen LogP contribution in [0.25, 0.3) is 33.5 Å². The van der Waals surface area contributed by atoms with Crippen molar-refractivity contribution in [2.45, 2.75) is 26.4 Å². The molecule has 5 aromatic rings. The molecule has 0 aliphatic carbocycles. The number of fused-ring (bicyclic) bond motifs is 2. The lowest BCUT2D eigenvalue weighted by Gasteiger charge is -2.14. The number of nitrogens with zero attached hydrogens (tertiary/aromatic N) is 3. The SMILES string of the molecule is CC[C@H](C)Oc1ccc(C=Nn2c(-c3cc4cc(Cl)ccc4o3)nc3ccccc3c2=O)cc1I. The fraction of sp³-hybridized carbons (Fsp3) is 0.148. The van der Waals surface area contributed by atoms with Gasteiger partial charge in [0.05, 0.1) is 26.8 Å². The number of para-hydroxylation sites is 1. The molecular weight excluding hydrogens is 577 g/mol. The van der Waals surface area contributed by atoms with Crippen molar-refractivity contribution in [3.8, 4) is 17.3 Å². The van der Waals surface area contributed by atoms with Gasteiger partial charge >= 0.3 is 0 Å². The lowest BCUT2D eigenvalue weighted by Crippen LogP contribution is -2.20. The molecule has 0 radical (unpaired) electrons. The van der Waals surface area contributed by atoms with Crippen LogP contribution in [0.15, 0.2) is 81.0 Å². The van der Waals surface area contributed by atoms with E-state index in [4.69, 9.17) is 25.7 Å². The Bertz CT molecular complexity index is 1640. The minimum atomic E-state index is -0.285. The zero-order valence-electron chi connectivity index (χ0n) is 19.0. The Hall–Kier alpha value is -3.17. The maximum Gasteiger partial charge on any atom is 0.282 e. The predicted molar refractivity (Wildman–Crippen MR) is 149 cm³/mol. The lowest BCUT2D eigenvalue weighted by atomic mass is 10.2. The summed E-state index contributed by atoms with van der Waals surface area (Å²) in [6, 6.07) is 20.1. The number of hydrogen-bond donors (Lipinski definition) is 0. The van der Waals surface area contributed by atoms with Gasteiger partial charge in [-0.1, -0.05) is 30.7 Å². The monoisotopic (exact) mass is 597 g/mol. The highest BCUT2D eigenvalue weighted by atomic mass is 127. The van der Waals surface area contributed by atoms with E-state index in [9.17, 15) is 4.79 Å². The third-order valence-electron chi connectivity index (χ3n) is 5.63. The van der Waals surface area contributed by atoms with E-state index in [1.807, 2.05) is 43.3 Å². The molecule has 0 unspecified atom stereocenters. The van der Waals surface area contributed by atoms with Gasteiger partial charge in [-0.25, -0.2) is 4.98 Å². The van der Waals surface area contributed by atoms with Crippen LogP contribution in [0.4, 0.5) is 0 Å². The van der Waals surface area contributed by atoms with E-state index < -0.39 is 0 Å². The van der Waals surface area contributed by atoms with Crippen LogP contribution in [0.2, 0.25) is 5.02 Å². The zero-order valence-corrected chi connectivity index (χ0v) is 21.9. The molecule has 0 aliphatic heterocycles. The van der Waals surface area contributed by atoms with Crippen LogP contribution in [0.5, 0.6) is 5.75 Å². The molecule has 0 amide bonds. The first-order valence-corrected chi connectivity index (χ1v) is 12.6. The largest absolute Gasteiger partial charge is 0.490 e. The molecule has 2 aromatic heterocycles. The number of ether oxygens (including phenoxy) is 1. The van der Waals surface area contributed by atoms with Crippen molar-refractivity contribution >= 4 is 62.3 Å². The molecule has 5 rings (SSSR count). The Labute approximate surface area is 220 Å². The predicted octanol–water partition coefficient (Wildman–Crippen LogP) is 7.13. The normalized spacial score (nSPS) is 12.6. The number of halogens is 2. The Morgan fingerprint density at radius 1 is 1.17 bits per heavy atom. The molecule has 0 N–H and O–H groups in total. The molecule has 176 valence electrons. The molecule has 0 bridgehead atoms. The topological polar surface area (TPSA) is 69.6 Å². The van der Waals surface area contributed by atoms with Gasteiger partial charge in [0.2, 0.25) is 5.82 Å². The minimum absolute atomic E-state index is 0.131. The van der Waals surface area contributed by atoms with Crippen molar-refractivity contribution in [1.82, 2.24) is 9.66 Å². The van der Waals surface area contributed by atoms with Gasteiger partial charge in [-0.3, -0.25) is 4.79 Å². The minimum Gasteiger partial charge on any atom is -0.490 e. The standard InChI is InChI=1S/C27H21ClIN3O3/c1-3-16(2)34-24-10-8-17(12-21(24)29)15-30-32-26(31-22-7-5-4-6-20(22)27(32)33)25-14-18-13-19(28)9-11-23(18)35-25/h4-16H,3H2,1-2H3/t16-/m0/s1. The van der Waals surface area contributed by atoms with Gasteiger partial charge in [0.1, 0.15) is 11.3 Å². The van der Waals surface area contributed by atoms with E-state index in [0.717, 1.165) is 26.7 Å². The average molecular weight is 598 g/mol. The maximum atomic E-state index is 13.4. The fourth-order valence-electron chi connectivity index (χ4n) is 3.63. The van der Waals surface area contributed by atoms with Gasteiger partial charge in [0.15, 0.2) is 5.76 Å². The Kier molecular flexibility index (Phi) is 6.62. The molecule has 0 saturated heterocycles. The van der Waals surface area contributed by atoms with Gasteiger partial charge in [-0.05, 0) is 96.1 Å². The fourth-order valence-corrected chi connectivity index (χ4v) is 4.48. The highest BCUT2D eigenvalue weighted by Gasteiger charge is 2.16. The van der Waals surface area contributed by atoms with E-state index in [2.05, 4.69) is 34.6 Å². The van der Waals surface area contributed by atoms with E-state index in [0.29, 0.717) is 33.1 Å². The van der Waals surface area contributed by atoms with Gasteiger partial charge in [0, 0.05) is 10.4 Å². The summed E-state index contributed by atoms with van der Waals surface area (Å²) in [6.45, 7) is 4.13. The molecule has 0 saturated carbocycles. The Morgan fingerprint density at radius 3 is 2.80 bits per heavy atom. The average Bonchev–Trinajstić information content (AvgIpc) is 3.28. The molecule has 6 nitrogen and oxygen atoms in total. The smallest absolute Gasteiger partial charge is 0.282 e. The van der Waals surface area contributed by atoms with Gasteiger partial charge in [0.25, 0.3) is 5.56 Å². The zero-order chi connectivity index (χ0) is 24.5. The molecule has 0 aliphatic rings. The first kappa shape index (κ1) is 23.6. The number of furan rings is 1. The Balaban J connectivity index is 1.61. The van der Waals surface area contributed by atoms with Crippen molar-refractivity contribution in [3.05, 3.63) is 91.2 Å². The summed E-state index contributed by atoms with van der Waals surface area (Å²) in [4.78, 5) is 18.1. The molecule has 1 atom stereocenters. The molecule has 35 heavy (non-hydrogen) atoms. The summed E-state index contributed by atoms with van der Waals surface area (Å²) >= 11 is 8.38. The summed E-state index contributed by atoms with van der Waals surface area (Å²) in [6.07, 6.45) is 2.69. The van der Waals surface area contributed by atoms with Gasteiger partial charge in [-0.15, -0.1) is 0 Å². The van der Waals surface area contributed by atoms with Crippen LogP contribution in [-0.2, 0) is 0 Å². The summed E-state index contributed by atoms with van der Waals surface area (Å²) in [5.41, 5.74) is 1.76. The Morgan fingerprint density at radius 2 is 2.00 bits per heavy atom.